The summed E-state index contributed by atoms with van der Waals surface area (Å²) in [5.41, 5.74) is 32.3. The highest BCUT2D eigenvalue weighted by atomic mass is 15.1. The van der Waals surface area contributed by atoms with Gasteiger partial charge >= 0.3 is 0 Å². The number of aryl methyl sites for hydroxylation is 4. The predicted octanol–water partition coefficient (Wildman–Crippen LogP) is 19.8. The van der Waals surface area contributed by atoms with Gasteiger partial charge in [-0.25, -0.2) is 9.97 Å². The zero-order chi connectivity index (χ0) is 57.6. The van der Waals surface area contributed by atoms with Gasteiger partial charge in [0.1, 0.15) is 11.6 Å². The van der Waals surface area contributed by atoms with E-state index in [2.05, 4.69) is 276 Å². The molecule has 5 aromatic heterocycles. The minimum absolute atomic E-state index is 0.484. The fraction of sp³-hybridized carbons (Fsp3) is 0.0533. The highest BCUT2D eigenvalue weighted by Crippen LogP contribution is 2.52. The van der Waals surface area contributed by atoms with Crippen molar-refractivity contribution >= 4 is 87.2 Å². The average Bonchev–Trinajstić information content (AvgIpc) is 2.09. The molecule has 85 heavy (non-hydrogen) atoms. The first-order chi connectivity index (χ1) is 41.7. The highest BCUT2D eigenvalue weighted by molar-refractivity contribution is 6.17. The third kappa shape index (κ3) is 7.83. The molecule has 10 heteroatoms. The van der Waals surface area contributed by atoms with Crippen molar-refractivity contribution in [3.8, 4) is 62.7 Å². The Kier molecular flexibility index (Phi) is 11.8. The van der Waals surface area contributed by atoms with E-state index in [0.29, 0.717) is 22.8 Å². The van der Waals surface area contributed by atoms with Gasteiger partial charge in [0.2, 0.25) is 0 Å². The number of nitrogens with zero attached hydrogens (tertiary/aromatic N) is 9. The van der Waals surface area contributed by atoms with Crippen LogP contribution in [0.1, 0.15) is 27.8 Å². The first-order valence-electron chi connectivity index (χ1n) is 28.4. The van der Waals surface area contributed by atoms with Crippen LogP contribution >= 0.6 is 0 Å². The lowest BCUT2D eigenvalue weighted by atomic mass is 9.96. The molecule has 0 fully saturated rings. The Bertz CT molecular complexity index is 4960. The molecule has 0 amide bonds. The number of fused-ring (bicyclic) bond motifs is 12. The summed E-state index contributed by atoms with van der Waals surface area (Å²) in [6.07, 6.45) is 0. The molecule has 0 aliphatic heterocycles. The molecular formula is C75H52N10. The van der Waals surface area contributed by atoms with E-state index >= 15 is 0 Å². The van der Waals surface area contributed by atoms with E-state index in [0.717, 1.165) is 149 Å². The third-order valence-electron chi connectivity index (χ3n) is 16.8. The Labute approximate surface area is 489 Å². The summed E-state index contributed by atoms with van der Waals surface area (Å²) in [7, 11) is 0. The summed E-state index contributed by atoms with van der Waals surface area (Å²) in [5.74, 6) is 0.502. The van der Waals surface area contributed by atoms with Crippen molar-refractivity contribution < 1.29 is 0 Å². The van der Waals surface area contributed by atoms with Crippen LogP contribution in [0.15, 0.2) is 237 Å². The van der Waals surface area contributed by atoms with Gasteiger partial charge in [0.25, 0.3) is 0 Å². The molecule has 11 aromatic carbocycles. The summed E-state index contributed by atoms with van der Waals surface area (Å²) >= 11 is 0. The molecule has 0 bridgehead atoms. The number of hydrogen-bond donors (Lipinski definition) is 1. The summed E-state index contributed by atoms with van der Waals surface area (Å²) in [6, 6.07) is 87.7. The van der Waals surface area contributed by atoms with Crippen molar-refractivity contribution in [3.63, 3.8) is 0 Å². The number of hydrogen-bond acceptors (Lipinski definition) is 4. The second-order valence-corrected chi connectivity index (χ2v) is 22.0. The van der Waals surface area contributed by atoms with E-state index < -0.39 is 0 Å². The van der Waals surface area contributed by atoms with E-state index in [9.17, 15) is 5.26 Å². The number of benzene rings is 11. The number of rotatable bonds is 7. The number of aromatic nitrogens is 6. The van der Waals surface area contributed by atoms with E-state index in [-0.39, 0.29) is 0 Å². The lowest BCUT2D eigenvalue weighted by molar-refractivity contribution is 1.02. The lowest BCUT2D eigenvalue weighted by Crippen LogP contribution is -2.17. The Morgan fingerprint density at radius 3 is 0.929 bits per heavy atom. The lowest BCUT2D eigenvalue weighted by Gasteiger charge is -2.29. The first-order valence-corrected chi connectivity index (χ1v) is 28.4. The maximum absolute atomic E-state index is 13.0. The summed E-state index contributed by atoms with van der Waals surface area (Å²) in [6.45, 7) is 8.66. The predicted molar refractivity (Wildman–Crippen MR) is 349 cm³/mol. The van der Waals surface area contributed by atoms with Crippen LogP contribution in [-0.2, 0) is 0 Å². The summed E-state index contributed by atoms with van der Waals surface area (Å²) in [5, 5.41) is 21.8. The maximum atomic E-state index is 13.0. The van der Waals surface area contributed by atoms with Crippen molar-refractivity contribution in [3.05, 3.63) is 275 Å². The normalized spacial score (nSPS) is 11.6. The van der Waals surface area contributed by atoms with Gasteiger partial charge in [-0.1, -0.05) is 180 Å². The molecule has 402 valence electrons. The van der Waals surface area contributed by atoms with Gasteiger partial charge in [-0.15, -0.1) is 5.53 Å². The molecule has 16 aromatic rings. The SMILES string of the molecule is Cc1ccc2c(c1)c1cc(C)ccc1n2-c1c(-c2nc(-c3ccccc3)cc(-c3ccccc3)n2)c(-n2c3ccc(C)cc3c3cc(C)ccc32)c(-n2c3ccccc3c3ccccc32)c(C#N)c1-n1c2ccccc2c2ccccc21.[N-]=[N+]=N. The minimum Gasteiger partial charge on any atom is -0.306 e. The average molecular weight is 1090 g/mol. The smallest absolute Gasteiger partial charge is 0.164 e. The molecule has 0 radical (unpaired) electrons. The van der Waals surface area contributed by atoms with E-state index in [1.807, 2.05) is 12.1 Å². The zero-order valence-electron chi connectivity index (χ0n) is 47.0. The van der Waals surface area contributed by atoms with Gasteiger partial charge in [0.05, 0.1) is 83.8 Å². The van der Waals surface area contributed by atoms with Crippen molar-refractivity contribution in [1.82, 2.24) is 28.2 Å². The molecule has 0 saturated carbocycles. The first kappa shape index (κ1) is 50.5. The monoisotopic (exact) mass is 1090 g/mol. The molecule has 0 spiro atoms. The second kappa shape index (κ2) is 19.9. The van der Waals surface area contributed by atoms with Gasteiger partial charge in [-0.05, 0) is 117 Å². The molecule has 0 aliphatic rings. The number of nitriles is 1. The van der Waals surface area contributed by atoms with Gasteiger partial charge in [0.15, 0.2) is 5.82 Å². The Morgan fingerprint density at radius 1 is 0.353 bits per heavy atom. The minimum atomic E-state index is 0.484. The topological polar surface area (TPSA) is 130 Å². The van der Waals surface area contributed by atoms with Crippen molar-refractivity contribution in [2.24, 2.45) is 0 Å². The highest BCUT2D eigenvalue weighted by Gasteiger charge is 2.36. The Balaban J connectivity index is 0.00000200. The van der Waals surface area contributed by atoms with Gasteiger partial charge in [-0.3, -0.25) is 0 Å². The van der Waals surface area contributed by atoms with Crippen molar-refractivity contribution in [2.45, 2.75) is 27.7 Å². The van der Waals surface area contributed by atoms with Crippen LogP contribution in [0, 0.1) is 44.6 Å². The summed E-state index contributed by atoms with van der Waals surface area (Å²) < 4.78 is 9.59. The standard InChI is InChI=1S/C75H51N7.HN3/c1-45-31-35-66-55(39-45)56-40-46(2)32-36-67(56)81(66)73-70(75-77-60(49-19-7-5-8-20-49)43-61(78-75)50-21-9-6-10-22-50)74(82-68-37-33-47(3)41-57(68)58-42-48(4)34-38-69(58)82)72(80-64-29-17-13-25-53(64)54-26-14-18-30-65(54)80)59(44-76)71(73)79-62-27-15-11-23-51(62)52-24-12-16-28-63(52)79;1-3-2/h5-43H,1-4H3;1H. The van der Waals surface area contributed by atoms with Crippen molar-refractivity contribution in [2.75, 3.05) is 0 Å². The zero-order valence-corrected chi connectivity index (χ0v) is 47.0. The molecule has 0 aliphatic carbocycles. The van der Waals surface area contributed by atoms with Gasteiger partial charge in [-0.2, -0.15) is 5.26 Å². The largest absolute Gasteiger partial charge is 0.306 e. The Morgan fingerprint density at radius 2 is 0.624 bits per heavy atom. The number of nitrogens with one attached hydrogen (secondary N) is 1. The number of para-hydroxylation sites is 4. The van der Waals surface area contributed by atoms with Crippen LogP contribution < -0.4 is 0 Å². The fourth-order valence-corrected chi connectivity index (χ4v) is 13.3. The van der Waals surface area contributed by atoms with Crippen molar-refractivity contribution in [1.29, 1.82) is 10.8 Å². The molecule has 0 unspecified atom stereocenters. The maximum Gasteiger partial charge on any atom is 0.164 e. The Hall–Kier alpha value is -11.5. The molecule has 5 heterocycles. The van der Waals surface area contributed by atoms with Gasteiger partial charge < -0.3 is 18.3 Å². The van der Waals surface area contributed by atoms with Crippen LogP contribution in [0.3, 0.4) is 0 Å². The quantitative estimate of drug-likeness (QED) is 0.0969. The molecule has 16 rings (SSSR count). The van der Waals surface area contributed by atoms with Gasteiger partial charge in [0, 0.05) is 54.2 Å². The van der Waals surface area contributed by atoms with Crippen LogP contribution in [-0.4, -0.2) is 28.2 Å². The molecule has 0 atom stereocenters. The molecule has 1 N–H and O–H groups in total. The van der Waals surface area contributed by atoms with Crippen LogP contribution in [0.2, 0.25) is 0 Å². The molecule has 0 saturated heterocycles. The van der Waals surface area contributed by atoms with Crippen LogP contribution in [0.5, 0.6) is 0 Å². The third-order valence-corrected chi connectivity index (χ3v) is 16.8. The summed E-state index contributed by atoms with van der Waals surface area (Å²) in [4.78, 5) is 13.6. The van der Waals surface area contributed by atoms with E-state index in [1.165, 1.54) is 0 Å². The van der Waals surface area contributed by atoms with E-state index in [1.54, 1.807) is 4.91 Å². The van der Waals surface area contributed by atoms with E-state index in [4.69, 9.17) is 21.0 Å². The second-order valence-electron chi connectivity index (χ2n) is 22.0. The fourth-order valence-electron chi connectivity index (χ4n) is 13.3. The molecular weight excluding hydrogens is 1040 g/mol. The van der Waals surface area contributed by atoms with Crippen LogP contribution in [0.25, 0.3) is 154 Å². The molecule has 10 nitrogen and oxygen atoms in total. The van der Waals surface area contributed by atoms with Crippen LogP contribution in [0.4, 0.5) is 0 Å².